The average molecular weight is 566 g/mol. The van der Waals surface area contributed by atoms with E-state index in [0.29, 0.717) is 25.3 Å². The van der Waals surface area contributed by atoms with Crippen LogP contribution < -0.4 is 10.0 Å². The maximum absolute atomic E-state index is 13.8. The number of sulfonamides is 1. The number of aromatic nitrogens is 4. The van der Waals surface area contributed by atoms with Gasteiger partial charge in [-0.1, -0.05) is 44.1 Å². The Labute approximate surface area is 236 Å². The van der Waals surface area contributed by atoms with Gasteiger partial charge in [-0.3, -0.25) is 9.58 Å². The lowest BCUT2D eigenvalue weighted by molar-refractivity contribution is 0.116. The molecule has 0 radical (unpaired) electrons. The van der Waals surface area contributed by atoms with Crippen LogP contribution in [0.4, 0.5) is 5.82 Å². The Morgan fingerprint density at radius 3 is 2.65 bits per heavy atom. The fraction of sp³-hybridized carbons (Fsp3) is 0.483. The zero-order valence-electron chi connectivity index (χ0n) is 23.9. The summed E-state index contributed by atoms with van der Waals surface area (Å²) < 4.78 is 37.9. The highest BCUT2D eigenvalue weighted by molar-refractivity contribution is 7.89. The van der Waals surface area contributed by atoms with E-state index in [2.05, 4.69) is 53.0 Å². The van der Waals surface area contributed by atoms with Crippen molar-refractivity contribution >= 4 is 26.7 Å². The van der Waals surface area contributed by atoms with Crippen molar-refractivity contribution in [2.24, 2.45) is 13.0 Å². The molecule has 0 spiro atoms. The first-order valence-corrected chi connectivity index (χ1v) is 15.3. The second-order valence-electron chi connectivity index (χ2n) is 11.7. The van der Waals surface area contributed by atoms with E-state index < -0.39 is 10.0 Å². The first kappa shape index (κ1) is 28.3. The fourth-order valence-electron chi connectivity index (χ4n) is 5.43. The molecule has 40 heavy (non-hydrogen) atoms. The van der Waals surface area contributed by atoms with Crippen LogP contribution in [0.2, 0.25) is 0 Å². The van der Waals surface area contributed by atoms with E-state index in [1.165, 1.54) is 0 Å². The van der Waals surface area contributed by atoms with Crippen LogP contribution >= 0.6 is 0 Å². The van der Waals surface area contributed by atoms with Gasteiger partial charge in [0.1, 0.15) is 16.5 Å². The number of benzene rings is 1. The van der Waals surface area contributed by atoms with Gasteiger partial charge in [-0.15, -0.1) is 0 Å². The molecule has 0 aliphatic carbocycles. The topological polar surface area (TPSA) is 118 Å². The zero-order chi connectivity index (χ0) is 28.5. The number of hydrogen-bond acceptors (Lipinski definition) is 8. The number of para-hydroxylation sites is 1. The van der Waals surface area contributed by atoms with Crippen LogP contribution in [-0.2, 0) is 28.9 Å². The predicted octanol–water partition coefficient (Wildman–Crippen LogP) is 4.27. The summed E-state index contributed by atoms with van der Waals surface area (Å²) in [5.74, 6) is 1.25. The van der Waals surface area contributed by atoms with E-state index in [4.69, 9.17) is 9.51 Å². The number of piperidine rings is 1. The van der Waals surface area contributed by atoms with Gasteiger partial charge in [0.15, 0.2) is 0 Å². The largest absolute Gasteiger partial charge is 0.369 e. The number of pyridine rings is 1. The third-order valence-corrected chi connectivity index (χ3v) is 9.09. The molecular weight excluding hydrogens is 526 g/mol. The van der Waals surface area contributed by atoms with Crippen LogP contribution in [0, 0.1) is 5.92 Å². The van der Waals surface area contributed by atoms with Crippen molar-refractivity contribution in [1.29, 1.82) is 0 Å². The fourth-order valence-corrected chi connectivity index (χ4v) is 6.67. The molecule has 0 bridgehead atoms. The Hall–Kier alpha value is -3.28. The molecule has 10 nitrogen and oxygen atoms in total. The number of likely N-dealkylation sites (tertiary alicyclic amines) is 1. The lowest BCUT2D eigenvalue weighted by Crippen LogP contribution is -2.42. The van der Waals surface area contributed by atoms with Gasteiger partial charge in [-0.25, -0.2) is 18.1 Å². The molecule has 1 aliphatic heterocycles. The van der Waals surface area contributed by atoms with Crippen LogP contribution in [0.5, 0.6) is 0 Å². The molecule has 2 N–H and O–H groups in total. The van der Waals surface area contributed by atoms with Crippen LogP contribution in [0.3, 0.4) is 0 Å². The van der Waals surface area contributed by atoms with Crippen LogP contribution in [0.25, 0.3) is 10.9 Å². The number of nitrogens with zero attached hydrogens (tertiary/aromatic N) is 5. The SMILES string of the molecule is CN1CCC[C@@H](CNS(=O)(=O)c2cc3ccccc3nc2NCCc2cc(C(C)(C)C)on2)[C@@H]1c1ccnn1C. The average Bonchev–Trinajstić information content (AvgIpc) is 3.56. The predicted molar refractivity (Wildman–Crippen MR) is 156 cm³/mol. The zero-order valence-corrected chi connectivity index (χ0v) is 24.7. The maximum Gasteiger partial charge on any atom is 0.244 e. The Bertz CT molecular complexity index is 1570. The monoisotopic (exact) mass is 565 g/mol. The summed E-state index contributed by atoms with van der Waals surface area (Å²) in [6.45, 7) is 7.96. The minimum atomic E-state index is -3.86. The first-order chi connectivity index (χ1) is 19.0. The number of rotatable bonds is 9. The molecule has 0 unspecified atom stereocenters. The van der Waals surface area contributed by atoms with Crippen molar-refractivity contribution in [1.82, 2.24) is 29.5 Å². The van der Waals surface area contributed by atoms with Crippen molar-refractivity contribution < 1.29 is 12.9 Å². The highest BCUT2D eigenvalue weighted by Gasteiger charge is 2.33. The maximum atomic E-state index is 13.8. The standard InChI is InChI=1S/C29H39N7O3S/c1-29(2,3)26-18-22(34-39-26)12-14-30-28-25(17-20-9-6-7-11-23(20)33-28)40(37,38)32-19-21-10-8-16-35(4)27(21)24-13-15-31-36(24)5/h6-7,9,11,13,15,17-18,21,27,32H,8,10,12,14,16,19H2,1-5H3,(H,30,33)/t21-,27+/m0/s1. The molecule has 4 aromatic rings. The molecule has 1 aromatic carbocycles. The number of anilines is 1. The Balaban J connectivity index is 1.36. The quantitative estimate of drug-likeness (QED) is 0.309. The Morgan fingerprint density at radius 1 is 1.12 bits per heavy atom. The van der Waals surface area contributed by atoms with Crippen molar-refractivity contribution in [2.75, 3.05) is 32.0 Å². The molecule has 4 heterocycles. The lowest BCUT2D eigenvalue weighted by atomic mass is 9.87. The second-order valence-corrected chi connectivity index (χ2v) is 13.4. The molecular formula is C29H39N7O3S. The van der Waals surface area contributed by atoms with Gasteiger partial charge >= 0.3 is 0 Å². The number of hydrogen-bond donors (Lipinski definition) is 2. The summed E-state index contributed by atoms with van der Waals surface area (Å²) >= 11 is 0. The van der Waals surface area contributed by atoms with Gasteiger partial charge < -0.3 is 9.84 Å². The van der Waals surface area contributed by atoms with Gasteiger partial charge in [0.25, 0.3) is 0 Å². The molecule has 11 heteroatoms. The van der Waals surface area contributed by atoms with Crippen molar-refractivity contribution in [3.8, 4) is 0 Å². The third kappa shape index (κ3) is 6.06. The van der Waals surface area contributed by atoms with Crippen molar-refractivity contribution in [3.05, 3.63) is 65.8 Å². The normalized spacial score (nSPS) is 18.8. The summed E-state index contributed by atoms with van der Waals surface area (Å²) in [4.78, 5) is 7.13. The summed E-state index contributed by atoms with van der Waals surface area (Å²) in [6, 6.07) is 13.3. The van der Waals surface area contributed by atoms with Crippen molar-refractivity contribution in [3.63, 3.8) is 0 Å². The minimum absolute atomic E-state index is 0.0803. The van der Waals surface area contributed by atoms with E-state index in [1.54, 1.807) is 12.3 Å². The van der Waals surface area contributed by atoms with Crippen LogP contribution in [0.15, 0.2) is 58.1 Å². The van der Waals surface area contributed by atoms with Gasteiger partial charge in [0.2, 0.25) is 10.0 Å². The Kier molecular flexibility index (Phi) is 7.98. The van der Waals surface area contributed by atoms with E-state index in [1.807, 2.05) is 48.1 Å². The van der Waals surface area contributed by atoms with Crippen LogP contribution in [-0.4, -0.2) is 59.9 Å². The molecule has 5 rings (SSSR count). The van der Waals surface area contributed by atoms with Gasteiger partial charge in [0, 0.05) is 49.6 Å². The number of nitrogens with one attached hydrogen (secondary N) is 2. The smallest absolute Gasteiger partial charge is 0.244 e. The molecule has 1 fully saturated rings. The summed E-state index contributed by atoms with van der Waals surface area (Å²) in [7, 11) is 0.159. The van der Waals surface area contributed by atoms with Gasteiger partial charge in [0.05, 0.1) is 22.9 Å². The lowest BCUT2D eigenvalue weighted by Gasteiger charge is -2.39. The van der Waals surface area contributed by atoms with Crippen molar-refractivity contribution in [2.45, 2.75) is 56.4 Å². The molecule has 214 valence electrons. The molecule has 0 amide bonds. The molecule has 2 atom stereocenters. The molecule has 3 aromatic heterocycles. The Morgan fingerprint density at radius 2 is 1.93 bits per heavy atom. The number of aryl methyl sites for hydroxylation is 1. The highest BCUT2D eigenvalue weighted by atomic mass is 32.2. The second kappa shape index (κ2) is 11.3. The molecule has 1 saturated heterocycles. The highest BCUT2D eigenvalue weighted by Crippen LogP contribution is 2.35. The van der Waals surface area contributed by atoms with E-state index in [-0.39, 0.29) is 22.3 Å². The van der Waals surface area contributed by atoms with Crippen LogP contribution in [0.1, 0.15) is 56.8 Å². The first-order valence-electron chi connectivity index (χ1n) is 13.8. The summed E-state index contributed by atoms with van der Waals surface area (Å²) in [6.07, 6.45) is 4.31. The third-order valence-electron chi connectivity index (χ3n) is 7.65. The summed E-state index contributed by atoms with van der Waals surface area (Å²) in [5, 5.41) is 12.6. The number of fused-ring (bicyclic) bond motifs is 1. The molecule has 0 saturated carbocycles. The van der Waals surface area contributed by atoms with E-state index in [0.717, 1.165) is 47.4 Å². The minimum Gasteiger partial charge on any atom is -0.369 e. The summed E-state index contributed by atoms with van der Waals surface area (Å²) in [5.41, 5.74) is 2.49. The molecule has 1 aliphatic rings. The van der Waals surface area contributed by atoms with E-state index >= 15 is 0 Å². The van der Waals surface area contributed by atoms with Gasteiger partial charge in [-0.05, 0) is 50.6 Å². The van der Waals surface area contributed by atoms with E-state index in [9.17, 15) is 8.42 Å². The van der Waals surface area contributed by atoms with Gasteiger partial charge in [-0.2, -0.15) is 5.10 Å².